The summed E-state index contributed by atoms with van der Waals surface area (Å²) in [5.41, 5.74) is 31.6. The van der Waals surface area contributed by atoms with E-state index in [0.717, 1.165) is 100 Å². The van der Waals surface area contributed by atoms with Crippen molar-refractivity contribution in [1.82, 2.24) is 39.0 Å². The number of aromatic nitrogens is 8. The van der Waals surface area contributed by atoms with Gasteiger partial charge in [-0.1, -0.05) is 367 Å². The summed E-state index contributed by atoms with van der Waals surface area (Å²) in [4.78, 5) is 30.9. The Morgan fingerprint density at radius 1 is 0.190 bits per heavy atom. The first-order chi connectivity index (χ1) is 57.1. The van der Waals surface area contributed by atoms with Crippen LogP contribution in [-0.4, -0.2) is 39.0 Å². The summed E-state index contributed by atoms with van der Waals surface area (Å²) in [5.74, 6) is 3.78. The Morgan fingerprint density at radius 2 is 0.491 bits per heavy atom. The normalized spacial score (nSPS) is 12.8. The average Bonchev–Trinajstić information content (AvgIpc) is 1.51. The molecular formula is C108H76N8. The fourth-order valence-corrected chi connectivity index (χ4v) is 18.2. The van der Waals surface area contributed by atoms with Crippen LogP contribution < -0.4 is 0 Å². The minimum atomic E-state index is -0.232. The van der Waals surface area contributed by atoms with Gasteiger partial charge in [-0.05, 0) is 115 Å². The maximum absolute atomic E-state index is 5.22. The van der Waals surface area contributed by atoms with E-state index in [1.807, 2.05) is 72.8 Å². The lowest BCUT2D eigenvalue weighted by atomic mass is 9.81. The Morgan fingerprint density at radius 3 is 0.888 bits per heavy atom. The summed E-state index contributed by atoms with van der Waals surface area (Å²) in [5, 5.41) is 4.94. The van der Waals surface area contributed by atoms with E-state index >= 15 is 0 Å². The molecule has 0 amide bonds. The summed E-state index contributed by atoms with van der Waals surface area (Å²) in [7, 11) is 0. The zero-order valence-electron chi connectivity index (χ0n) is 64.5. The van der Waals surface area contributed by atoms with Gasteiger partial charge in [0, 0.05) is 88.0 Å². The van der Waals surface area contributed by atoms with Crippen molar-refractivity contribution in [3.05, 3.63) is 411 Å². The molecule has 4 aromatic heterocycles. The Bertz CT molecular complexity index is 6970. The van der Waals surface area contributed by atoms with Crippen molar-refractivity contribution >= 4 is 43.6 Å². The Balaban J connectivity index is 0.000000145. The van der Waals surface area contributed by atoms with Crippen molar-refractivity contribution in [2.45, 2.75) is 38.5 Å². The van der Waals surface area contributed by atoms with Crippen molar-refractivity contribution in [3.8, 4) is 146 Å². The lowest BCUT2D eigenvalue weighted by molar-refractivity contribution is 0.661. The predicted molar refractivity (Wildman–Crippen MR) is 478 cm³/mol. The van der Waals surface area contributed by atoms with Crippen LogP contribution in [0.2, 0.25) is 0 Å². The van der Waals surface area contributed by atoms with Crippen LogP contribution in [0.1, 0.15) is 49.9 Å². The monoisotopic (exact) mass is 1480 g/mol. The van der Waals surface area contributed by atoms with Gasteiger partial charge in [-0.25, -0.2) is 29.9 Å². The van der Waals surface area contributed by atoms with Gasteiger partial charge < -0.3 is 9.13 Å². The van der Waals surface area contributed by atoms with Crippen LogP contribution in [0, 0.1) is 0 Å². The van der Waals surface area contributed by atoms with Gasteiger partial charge in [0.15, 0.2) is 34.9 Å². The van der Waals surface area contributed by atoms with Crippen molar-refractivity contribution in [2.24, 2.45) is 0 Å². The summed E-state index contributed by atoms with van der Waals surface area (Å²) in [6.07, 6.45) is 0. The van der Waals surface area contributed by atoms with Gasteiger partial charge in [-0.15, -0.1) is 0 Å². The van der Waals surface area contributed by atoms with Crippen LogP contribution in [0.4, 0.5) is 0 Å². The number of fused-ring (bicyclic) bond motifs is 13. The van der Waals surface area contributed by atoms with E-state index in [1.54, 1.807) is 0 Å². The number of hydrogen-bond acceptors (Lipinski definition) is 6. The maximum atomic E-state index is 5.22. The van der Waals surface area contributed by atoms with Gasteiger partial charge in [-0.2, -0.15) is 0 Å². The summed E-state index contributed by atoms with van der Waals surface area (Å²) in [6, 6.07) is 138. The van der Waals surface area contributed by atoms with Gasteiger partial charge in [-0.3, -0.25) is 0 Å². The van der Waals surface area contributed by atoms with Crippen molar-refractivity contribution in [2.75, 3.05) is 0 Å². The van der Waals surface area contributed by atoms with Crippen molar-refractivity contribution in [1.29, 1.82) is 0 Å². The third-order valence-electron chi connectivity index (χ3n) is 23.6. The van der Waals surface area contributed by atoms with Crippen molar-refractivity contribution in [3.63, 3.8) is 0 Å². The largest absolute Gasteiger partial charge is 0.308 e. The third kappa shape index (κ3) is 11.7. The molecule has 0 unspecified atom stereocenters. The van der Waals surface area contributed by atoms with Crippen LogP contribution >= 0.6 is 0 Å². The van der Waals surface area contributed by atoms with Gasteiger partial charge in [0.25, 0.3) is 0 Å². The topological polar surface area (TPSA) is 87.2 Å². The number of para-hydroxylation sites is 2. The Labute approximate surface area is 673 Å². The highest BCUT2D eigenvalue weighted by Crippen LogP contribution is 2.56. The minimum Gasteiger partial charge on any atom is -0.308 e. The molecule has 2 aliphatic rings. The molecule has 16 aromatic carbocycles. The molecule has 0 radical (unpaired) electrons. The molecule has 0 spiro atoms. The molecule has 8 heteroatoms. The molecule has 4 heterocycles. The highest BCUT2D eigenvalue weighted by Gasteiger charge is 2.40. The lowest BCUT2D eigenvalue weighted by Gasteiger charge is -2.26. The minimum absolute atomic E-state index is 0.151. The molecule has 0 fully saturated rings. The molecular weight excluding hydrogens is 1410 g/mol. The molecule has 2 aliphatic carbocycles. The fourth-order valence-electron chi connectivity index (χ4n) is 18.2. The van der Waals surface area contributed by atoms with E-state index in [0.29, 0.717) is 34.9 Å². The molecule has 22 rings (SSSR count). The predicted octanol–water partition coefficient (Wildman–Crippen LogP) is 27.2. The molecule has 8 nitrogen and oxygen atoms in total. The molecule has 548 valence electrons. The standard InChI is InChI=1S/2C54H38N4/c1-54(2)46-29-17-15-27-40(46)44-33-45-41-28-16-18-30-48(41)58(49(45)34-47(44)54)50-42(35-19-7-3-8-20-35)31-39(32-43(50)36-21-9-4-10-22-36)53-56-51(37-23-11-5-12-24-37)55-52(57-53)38-25-13-6-14-26-38;1-54(2)46-29-17-15-27-40(46)42-31-32-43-41-28-16-18-30-47(41)58(50(43)48(42)54)49-44(35-19-7-3-8-20-35)33-39(34-45(49)36-21-9-4-10-22-36)53-56-51(37-23-11-5-12-24-37)55-52(57-53)38-25-13-6-14-26-38/h2*3-34H,1-2H3. The quantitative estimate of drug-likeness (QED) is 0.121. The molecule has 0 saturated heterocycles. The molecule has 0 bridgehead atoms. The van der Waals surface area contributed by atoms with Gasteiger partial charge in [0.2, 0.25) is 0 Å². The average molecular weight is 1490 g/mol. The summed E-state index contributed by atoms with van der Waals surface area (Å²) < 4.78 is 5.07. The van der Waals surface area contributed by atoms with Gasteiger partial charge >= 0.3 is 0 Å². The molecule has 0 saturated carbocycles. The second-order valence-electron chi connectivity index (χ2n) is 31.2. The highest BCUT2D eigenvalue weighted by atomic mass is 15.1. The van der Waals surface area contributed by atoms with Gasteiger partial charge in [0.05, 0.1) is 33.4 Å². The number of benzene rings is 16. The fraction of sp³-hybridized carbons (Fsp3) is 0.0556. The lowest BCUT2D eigenvalue weighted by Crippen LogP contribution is -2.16. The van der Waals surface area contributed by atoms with Crippen LogP contribution in [0.25, 0.3) is 190 Å². The zero-order valence-corrected chi connectivity index (χ0v) is 64.5. The third-order valence-corrected chi connectivity index (χ3v) is 23.6. The first kappa shape index (κ1) is 69.1. The van der Waals surface area contributed by atoms with E-state index in [4.69, 9.17) is 29.9 Å². The van der Waals surface area contributed by atoms with Crippen LogP contribution in [0.5, 0.6) is 0 Å². The van der Waals surface area contributed by atoms with Crippen LogP contribution in [0.15, 0.2) is 388 Å². The smallest absolute Gasteiger partial charge is 0.164 e. The first-order valence-corrected chi connectivity index (χ1v) is 39.7. The molecule has 0 atom stereocenters. The second kappa shape index (κ2) is 28.1. The van der Waals surface area contributed by atoms with Crippen LogP contribution in [0.3, 0.4) is 0 Å². The molecule has 0 N–H and O–H groups in total. The molecule has 116 heavy (non-hydrogen) atoms. The van der Waals surface area contributed by atoms with Crippen LogP contribution in [-0.2, 0) is 10.8 Å². The Hall–Kier alpha value is -14.9. The zero-order chi connectivity index (χ0) is 77.6. The second-order valence-corrected chi connectivity index (χ2v) is 31.2. The summed E-state index contributed by atoms with van der Waals surface area (Å²) >= 11 is 0. The van der Waals surface area contributed by atoms with Gasteiger partial charge in [0.1, 0.15) is 0 Å². The SMILES string of the molecule is CC1(C)c2ccccc2-c2cc3c4ccccc4n(-c4c(-c5ccccc5)cc(-c5nc(-c6ccccc6)nc(-c6ccccc6)n5)cc4-c4ccccc4)c3cc21.CC1(C)c2ccccc2-c2ccc3c4ccccc4n(-c4c(-c5ccccc5)cc(-c5nc(-c6ccccc6)nc(-c6ccccc6)n5)cc4-c4ccccc4)c3c21. The molecule has 0 aliphatic heterocycles. The highest BCUT2D eigenvalue weighted by molar-refractivity contribution is 6.16. The van der Waals surface area contributed by atoms with Crippen molar-refractivity contribution < 1.29 is 0 Å². The van der Waals surface area contributed by atoms with E-state index in [1.165, 1.54) is 77.1 Å². The van der Waals surface area contributed by atoms with E-state index < -0.39 is 0 Å². The van der Waals surface area contributed by atoms with E-state index in [2.05, 4.69) is 352 Å². The number of rotatable bonds is 12. The molecule has 20 aromatic rings. The van der Waals surface area contributed by atoms with E-state index in [-0.39, 0.29) is 10.8 Å². The number of nitrogens with zero attached hydrogens (tertiary/aromatic N) is 8. The van der Waals surface area contributed by atoms with E-state index in [9.17, 15) is 0 Å². The first-order valence-electron chi connectivity index (χ1n) is 39.7. The maximum Gasteiger partial charge on any atom is 0.164 e. The Kier molecular flexibility index (Phi) is 16.7. The number of hydrogen-bond donors (Lipinski definition) is 0. The summed E-state index contributed by atoms with van der Waals surface area (Å²) in [6.45, 7) is 9.48.